The maximum absolute atomic E-state index is 12.9. The van der Waals surface area contributed by atoms with Crippen LogP contribution in [0.3, 0.4) is 0 Å². The van der Waals surface area contributed by atoms with Gasteiger partial charge >= 0.3 is 0 Å². The van der Waals surface area contributed by atoms with E-state index < -0.39 is 0 Å². The second-order valence-electron chi connectivity index (χ2n) is 5.81. The van der Waals surface area contributed by atoms with Crippen LogP contribution in [0, 0.1) is 5.82 Å². The molecule has 2 aromatic carbocycles. The van der Waals surface area contributed by atoms with Crippen LogP contribution in [0.4, 0.5) is 10.1 Å². The maximum Gasteiger partial charge on any atom is 0.221 e. The van der Waals surface area contributed by atoms with Crippen LogP contribution in [0.5, 0.6) is 0 Å². The molecule has 0 bridgehead atoms. The lowest BCUT2D eigenvalue weighted by molar-refractivity contribution is -0.114. The van der Waals surface area contributed by atoms with Gasteiger partial charge in [-0.25, -0.2) is 4.39 Å². The number of anilines is 1. The Hall–Kier alpha value is -2.20. The van der Waals surface area contributed by atoms with Gasteiger partial charge in [0.05, 0.1) is 0 Å². The summed E-state index contributed by atoms with van der Waals surface area (Å²) in [7, 11) is 0. The predicted octanol–water partition coefficient (Wildman–Crippen LogP) is 3.55. The van der Waals surface area contributed by atoms with Crippen LogP contribution in [0.1, 0.15) is 25.0 Å². The first-order chi connectivity index (χ1) is 11.0. The van der Waals surface area contributed by atoms with E-state index in [2.05, 4.69) is 17.6 Å². The van der Waals surface area contributed by atoms with Gasteiger partial charge in [-0.3, -0.25) is 4.79 Å². The maximum atomic E-state index is 12.9. The van der Waals surface area contributed by atoms with Gasteiger partial charge in [-0.05, 0) is 61.7 Å². The fourth-order valence-corrected chi connectivity index (χ4v) is 2.47. The van der Waals surface area contributed by atoms with Crippen LogP contribution in [-0.4, -0.2) is 18.5 Å². The molecule has 0 heterocycles. The molecular weight excluding hydrogens is 291 g/mol. The molecule has 0 spiro atoms. The number of benzene rings is 2. The van der Waals surface area contributed by atoms with Gasteiger partial charge in [0.2, 0.25) is 5.91 Å². The number of halogens is 1. The zero-order valence-corrected chi connectivity index (χ0v) is 13.6. The summed E-state index contributed by atoms with van der Waals surface area (Å²) in [6.45, 7) is 4.51. The molecule has 23 heavy (non-hydrogen) atoms. The molecule has 1 atom stereocenters. The molecule has 0 aliphatic heterocycles. The Bertz CT molecular complexity index is 623. The zero-order valence-electron chi connectivity index (χ0n) is 13.6. The monoisotopic (exact) mass is 314 g/mol. The van der Waals surface area contributed by atoms with Crippen LogP contribution in [0.2, 0.25) is 0 Å². The quantitative estimate of drug-likeness (QED) is 0.820. The van der Waals surface area contributed by atoms with E-state index in [1.165, 1.54) is 24.6 Å². The van der Waals surface area contributed by atoms with Gasteiger partial charge in [0, 0.05) is 18.7 Å². The topological polar surface area (TPSA) is 41.1 Å². The summed E-state index contributed by atoms with van der Waals surface area (Å²) in [6.07, 6.45) is 1.80. The number of carbonyl (C=O) groups excluding carboxylic acids is 1. The first kappa shape index (κ1) is 17.2. The Morgan fingerprint density at radius 1 is 1.04 bits per heavy atom. The number of carbonyl (C=O) groups is 1. The van der Waals surface area contributed by atoms with E-state index in [9.17, 15) is 9.18 Å². The molecule has 0 saturated heterocycles. The normalized spacial score (nSPS) is 12.0. The summed E-state index contributed by atoms with van der Waals surface area (Å²) in [5.41, 5.74) is 3.17. The van der Waals surface area contributed by atoms with Crippen LogP contribution in [0.25, 0.3) is 0 Å². The summed E-state index contributed by atoms with van der Waals surface area (Å²) in [6, 6.07) is 14.9. The van der Waals surface area contributed by atoms with Crippen molar-refractivity contribution in [3.63, 3.8) is 0 Å². The molecule has 0 aliphatic rings. The molecule has 2 N–H and O–H groups in total. The Morgan fingerprint density at radius 2 is 1.65 bits per heavy atom. The molecule has 0 fully saturated rings. The van der Waals surface area contributed by atoms with Gasteiger partial charge < -0.3 is 10.6 Å². The molecule has 4 heteroatoms. The molecule has 0 aliphatic carbocycles. The number of rotatable bonds is 7. The first-order valence-electron chi connectivity index (χ1n) is 7.87. The van der Waals surface area contributed by atoms with Crippen molar-refractivity contribution in [1.82, 2.24) is 5.32 Å². The molecular formula is C19H23FN2O. The smallest absolute Gasteiger partial charge is 0.221 e. The van der Waals surface area contributed by atoms with Gasteiger partial charge in [0.15, 0.2) is 0 Å². The highest BCUT2D eigenvalue weighted by molar-refractivity contribution is 5.88. The fraction of sp³-hybridized carbons (Fsp3) is 0.316. The minimum atomic E-state index is -0.197. The second kappa shape index (κ2) is 8.44. The van der Waals surface area contributed by atoms with Crippen LogP contribution < -0.4 is 10.6 Å². The number of hydrogen-bond acceptors (Lipinski definition) is 2. The third-order valence-electron chi connectivity index (χ3n) is 3.64. The van der Waals surface area contributed by atoms with Crippen LogP contribution in [0.15, 0.2) is 48.5 Å². The zero-order chi connectivity index (χ0) is 16.7. The molecule has 0 saturated carbocycles. The summed E-state index contributed by atoms with van der Waals surface area (Å²) < 4.78 is 12.9. The average Bonchev–Trinajstić information content (AvgIpc) is 2.51. The number of hydrogen-bond donors (Lipinski definition) is 2. The number of nitrogens with one attached hydrogen (secondary N) is 2. The molecule has 3 nitrogen and oxygen atoms in total. The summed E-state index contributed by atoms with van der Waals surface area (Å²) in [4.78, 5) is 11.0. The lowest BCUT2D eigenvalue weighted by atomic mass is 10.1. The van der Waals surface area contributed by atoms with Crippen molar-refractivity contribution in [3.8, 4) is 0 Å². The van der Waals surface area contributed by atoms with Crippen molar-refractivity contribution < 1.29 is 9.18 Å². The highest BCUT2D eigenvalue weighted by Crippen LogP contribution is 2.10. The van der Waals surface area contributed by atoms with E-state index in [1.807, 2.05) is 36.4 Å². The van der Waals surface area contributed by atoms with Gasteiger partial charge in [0.25, 0.3) is 0 Å². The standard InChI is InChI=1S/C19H23FN2O/c1-14(13-17-3-7-18(20)8-4-17)21-12-11-16-5-9-19(10-6-16)22-15(2)23/h3-10,14,21H,11-13H2,1-2H3,(H,22,23)/t14-/m0/s1. The van der Waals surface area contributed by atoms with E-state index in [1.54, 1.807) is 0 Å². The van der Waals surface area contributed by atoms with E-state index in [0.29, 0.717) is 6.04 Å². The van der Waals surface area contributed by atoms with Crippen molar-refractivity contribution in [2.24, 2.45) is 0 Å². The highest BCUT2D eigenvalue weighted by Gasteiger charge is 2.03. The Labute approximate surface area is 136 Å². The van der Waals surface area contributed by atoms with E-state index >= 15 is 0 Å². The van der Waals surface area contributed by atoms with Crippen molar-refractivity contribution in [2.75, 3.05) is 11.9 Å². The molecule has 2 rings (SSSR count). The molecule has 122 valence electrons. The molecule has 0 radical (unpaired) electrons. The molecule has 2 aromatic rings. The summed E-state index contributed by atoms with van der Waals surface area (Å²) in [5, 5.41) is 6.23. The van der Waals surface area contributed by atoms with Crippen molar-refractivity contribution >= 4 is 11.6 Å². The Morgan fingerprint density at radius 3 is 2.26 bits per heavy atom. The molecule has 1 amide bonds. The Kier molecular flexibility index (Phi) is 6.29. The predicted molar refractivity (Wildman–Crippen MR) is 92.0 cm³/mol. The summed E-state index contributed by atoms with van der Waals surface area (Å²) in [5.74, 6) is -0.258. The lowest BCUT2D eigenvalue weighted by Gasteiger charge is -2.14. The fourth-order valence-electron chi connectivity index (χ4n) is 2.47. The largest absolute Gasteiger partial charge is 0.326 e. The van der Waals surface area contributed by atoms with E-state index in [0.717, 1.165) is 30.6 Å². The third-order valence-corrected chi connectivity index (χ3v) is 3.64. The highest BCUT2D eigenvalue weighted by atomic mass is 19.1. The summed E-state index contributed by atoms with van der Waals surface area (Å²) >= 11 is 0. The minimum absolute atomic E-state index is 0.0611. The van der Waals surface area contributed by atoms with Gasteiger partial charge in [0.1, 0.15) is 5.82 Å². The molecule has 0 unspecified atom stereocenters. The van der Waals surface area contributed by atoms with Crippen molar-refractivity contribution in [3.05, 3.63) is 65.5 Å². The SMILES string of the molecule is CC(=O)Nc1ccc(CCN[C@@H](C)Cc2ccc(F)cc2)cc1. The van der Waals surface area contributed by atoms with Gasteiger partial charge in [-0.1, -0.05) is 24.3 Å². The minimum Gasteiger partial charge on any atom is -0.326 e. The Balaban J connectivity index is 1.73. The molecule has 0 aromatic heterocycles. The van der Waals surface area contributed by atoms with Crippen LogP contribution >= 0.6 is 0 Å². The average molecular weight is 314 g/mol. The lowest BCUT2D eigenvalue weighted by Crippen LogP contribution is -2.29. The van der Waals surface area contributed by atoms with Gasteiger partial charge in [-0.2, -0.15) is 0 Å². The van der Waals surface area contributed by atoms with Crippen molar-refractivity contribution in [2.45, 2.75) is 32.7 Å². The number of amides is 1. The van der Waals surface area contributed by atoms with E-state index in [4.69, 9.17) is 0 Å². The van der Waals surface area contributed by atoms with E-state index in [-0.39, 0.29) is 11.7 Å². The second-order valence-corrected chi connectivity index (χ2v) is 5.81. The third kappa shape index (κ3) is 6.20. The van der Waals surface area contributed by atoms with Crippen LogP contribution in [-0.2, 0) is 17.6 Å². The van der Waals surface area contributed by atoms with Crippen molar-refractivity contribution in [1.29, 1.82) is 0 Å². The first-order valence-corrected chi connectivity index (χ1v) is 7.87. The van der Waals surface area contributed by atoms with Gasteiger partial charge in [-0.15, -0.1) is 0 Å².